The van der Waals surface area contributed by atoms with E-state index >= 15 is 0 Å². The molecule has 30 heavy (non-hydrogen) atoms. The standard InChI is InChI=1S/C22H23N3O5/c26-17-10-15(22(29)30)12-25-9-8-13-6-7-16(19(17)20(13)25)24-18(27)11-23-21(28)14-4-2-1-3-5-14/h1-5,8-9,15-16,19H,6-7,10-12H2,(H,23,28)(H,24,27)(H,29,30)/t15-,16-,19?/m0/s1. The number of carbonyl (C=O) groups is 4. The number of aromatic nitrogens is 1. The van der Waals surface area contributed by atoms with Crippen molar-refractivity contribution in [3.05, 3.63) is 59.4 Å². The molecule has 1 aromatic carbocycles. The second kappa shape index (κ2) is 8.14. The average Bonchev–Trinajstić information content (AvgIpc) is 3.07. The molecule has 2 heterocycles. The van der Waals surface area contributed by atoms with Crippen molar-refractivity contribution in [3.63, 3.8) is 0 Å². The molecular formula is C22H23N3O5. The van der Waals surface area contributed by atoms with Crippen LogP contribution in [0.15, 0.2) is 42.6 Å². The Hall–Kier alpha value is -3.42. The van der Waals surface area contributed by atoms with Crippen LogP contribution >= 0.6 is 0 Å². The van der Waals surface area contributed by atoms with Crippen molar-refractivity contribution >= 4 is 23.6 Å². The van der Waals surface area contributed by atoms with E-state index in [1.54, 1.807) is 30.3 Å². The summed E-state index contributed by atoms with van der Waals surface area (Å²) >= 11 is 0. The zero-order chi connectivity index (χ0) is 21.3. The third kappa shape index (κ3) is 3.85. The molecule has 0 spiro atoms. The van der Waals surface area contributed by atoms with Gasteiger partial charge in [0.05, 0.1) is 18.4 Å². The summed E-state index contributed by atoms with van der Waals surface area (Å²) in [6, 6.07) is 10.1. The quantitative estimate of drug-likeness (QED) is 0.684. The van der Waals surface area contributed by atoms with Gasteiger partial charge in [0.25, 0.3) is 5.91 Å². The number of ketones is 1. The van der Waals surface area contributed by atoms with Crippen LogP contribution < -0.4 is 10.6 Å². The lowest BCUT2D eigenvalue weighted by Crippen LogP contribution is -2.48. The van der Waals surface area contributed by atoms with Gasteiger partial charge in [-0.3, -0.25) is 19.2 Å². The van der Waals surface area contributed by atoms with Crippen molar-refractivity contribution in [1.82, 2.24) is 15.2 Å². The number of hydrogen-bond acceptors (Lipinski definition) is 4. The van der Waals surface area contributed by atoms with E-state index < -0.39 is 23.8 Å². The molecule has 1 aromatic heterocycles. The zero-order valence-corrected chi connectivity index (χ0v) is 16.3. The van der Waals surface area contributed by atoms with Crippen LogP contribution in [0, 0.1) is 5.92 Å². The first-order chi connectivity index (χ1) is 14.4. The van der Waals surface area contributed by atoms with Crippen LogP contribution in [0.2, 0.25) is 0 Å². The molecule has 0 bridgehead atoms. The summed E-state index contributed by atoms with van der Waals surface area (Å²) in [5.74, 6) is -3.23. The van der Waals surface area contributed by atoms with Crippen molar-refractivity contribution in [2.24, 2.45) is 5.92 Å². The van der Waals surface area contributed by atoms with Crippen LogP contribution in [0.1, 0.15) is 40.4 Å². The normalized spacial score (nSPS) is 22.5. The summed E-state index contributed by atoms with van der Waals surface area (Å²) in [5, 5.41) is 14.9. The highest BCUT2D eigenvalue weighted by molar-refractivity contribution is 5.96. The van der Waals surface area contributed by atoms with Gasteiger partial charge in [-0.05, 0) is 36.6 Å². The lowest BCUT2D eigenvalue weighted by atomic mass is 9.79. The summed E-state index contributed by atoms with van der Waals surface area (Å²) in [6.45, 7) is 0.0530. The zero-order valence-electron chi connectivity index (χ0n) is 16.3. The van der Waals surface area contributed by atoms with Gasteiger partial charge >= 0.3 is 5.97 Å². The second-order valence-electron chi connectivity index (χ2n) is 7.82. The predicted molar refractivity (Wildman–Crippen MR) is 107 cm³/mol. The van der Waals surface area contributed by atoms with Gasteiger partial charge in [0.1, 0.15) is 5.78 Å². The molecule has 0 fully saturated rings. The fourth-order valence-corrected chi connectivity index (χ4v) is 4.43. The molecule has 0 saturated heterocycles. The van der Waals surface area contributed by atoms with Crippen LogP contribution in [-0.2, 0) is 27.3 Å². The molecule has 3 atom stereocenters. The van der Waals surface area contributed by atoms with Crippen molar-refractivity contribution in [3.8, 4) is 0 Å². The maximum atomic E-state index is 13.0. The minimum atomic E-state index is -0.992. The van der Waals surface area contributed by atoms with E-state index in [2.05, 4.69) is 10.6 Å². The van der Waals surface area contributed by atoms with Gasteiger partial charge in [-0.25, -0.2) is 0 Å². The number of aliphatic carboxylic acids is 1. The molecular weight excluding hydrogens is 386 g/mol. The Labute approximate surface area is 173 Å². The Morgan fingerprint density at radius 1 is 1.13 bits per heavy atom. The SMILES string of the molecule is O=C(CNC(=O)c1ccccc1)N[C@H]1CCc2ccn3c2C1C(=O)C[C@H](C(=O)O)C3. The minimum Gasteiger partial charge on any atom is -0.481 e. The van der Waals surface area contributed by atoms with Crippen LogP contribution in [0.25, 0.3) is 0 Å². The van der Waals surface area contributed by atoms with Gasteiger partial charge in [0.15, 0.2) is 0 Å². The van der Waals surface area contributed by atoms with E-state index in [9.17, 15) is 24.3 Å². The topological polar surface area (TPSA) is 118 Å². The first kappa shape index (κ1) is 19.9. The van der Waals surface area contributed by atoms with Crippen LogP contribution in [0.5, 0.6) is 0 Å². The second-order valence-corrected chi connectivity index (χ2v) is 7.82. The first-order valence-corrected chi connectivity index (χ1v) is 10.00. The fourth-order valence-electron chi connectivity index (χ4n) is 4.43. The Balaban J connectivity index is 1.46. The van der Waals surface area contributed by atoms with Gasteiger partial charge in [-0.2, -0.15) is 0 Å². The number of carboxylic acid groups (broad SMARTS) is 1. The third-order valence-electron chi connectivity index (χ3n) is 5.87. The number of carbonyl (C=O) groups excluding carboxylic acids is 3. The number of Topliss-reactive ketones (excluding diaryl/α,β-unsaturated/α-hetero) is 1. The van der Waals surface area contributed by atoms with E-state index in [-0.39, 0.29) is 37.1 Å². The smallest absolute Gasteiger partial charge is 0.308 e. The molecule has 3 N–H and O–H groups in total. The Morgan fingerprint density at radius 3 is 2.63 bits per heavy atom. The lowest BCUT2D eigenvalue weighted by Gasteiger charge is -2.32. The van der Waals surface area contributed by atoms with Crippen LogP contribution in [-0.4, -0.2) is 45.8 Å². The fraction of sp³-hybridized carbons (Fsp3) is 0.364. The van der Waals surface area contributed by atoms with E-state index in [0.29, 0.717) is 18.4 Å². The van der Waals surface area contributed by atoms with Gasteiger partial charge < -0.3 is 20.3 Å². The number of carboxylic acids is 1. The molecule has 0 radical (unpaired) electrons. The molecule has 1 unspecified atom stereocenters. The molecule has 8 heteroatoms. The Morgan fingerprint density at radius 2 is 1.90 bits per heavy atom. The number of nitrogens with one attached hydrogen (secondary N) is 2. The summed E-state index contributed by atoms with van der Waals surface area (Å²) in [4.78, 5) is 49.1. The Kier molecular flexibility index (Phi) is 5.39. The molecule has 1 aliphatic carbocycles. The summed E-state index contributed by atoms with van der Waals surface area (Å²) in [7, 11) is 0. The molecule has 2 aliphatic rings. The van der Waals surface area contributed by atoms with Crippen molar-refractivity contribution in [1.29, 1.82) is 0 Å². The first-order valence-electron chi connectivity index (χ1n) is 10.00. The van der Waals surface area contributed by atoms with Gasteiger partial charge in [-0.15, -0.1) is 0 Å². The van der Waals surface area contributed by atoms with E-state index in [1.165, 1.54) is 0 Å². The number of benzene rings is 1. The highest BCUT2D eigenvalue weighted by Crippen LogP contribution is 2.37. The lowest BCUT2D eigenvalue weighted by molar-refractivity contribution is -0.144. The number of amides is 2. The number of rotatable bonds is 5. The highest BCUT2D eigenvalue weighted by Gasteiger charge is 2.42. The summed E-state index contributed by atoms with van der Waals surface area (Å²) in [6.07, 6.45) is 3.06. The van der Waals surface area contributed by atoms with Crippen LogP contribution in [0.4, 0.5) is 0 Å². The van der Waals surface area contributed by atoms with E-state index in [4.69, 9.17) is 0 Å². The summed E-state index contributed by atoms with van der Waals surface area (Å²) < 4.78 is 1.85. The largest absolute Gasteiger partial charge is 0.481 e. The molecule has 2 aromatic rings. The Bertz CT molecular complexity index is 997. The van der Waals surface area contributed by atoms with Gasteiger partial charge in [0, 0.05) is 36.5 Å². The predicted octanol–water partition coefficient (Wildman–Crippen LogP) is 1.11. The maximum Gasteiger partial charge on any atom is 0.308 e. The molecule has 4 rings (SSSR count). The van der Waals surface area contributed by atoms with Crippen LogP contribution in [0.3, 0.4) is 0 Å². The minimum absolute atomic E-state index is 0.0573. The van der Waals surface area contributed by atoms with Crippen molar-refractivity contribution in [2.45, 2.75) is 37.8 Å². The number of aryl methyl sites for hydroxylation is 1. The van der Waals surface area contributed by atoms with E-state index in [0.717, 1.165) is 11.3 Å². The third-order valence-corrected chi connectivity index (χ3v) is 5.87. The number of hydrogen-bond donors (Lipinski definition) is 3. The molecule has 2 amide bonds. The van der Waals surface area contributed by atoms with Crippen molar-refractivity contribution < 1.29 is 24.3 Å². The molecule has 0 saturated carbocycles. The molecule has 156 valence electrons. The number of nitrogens with zero attached hydrogens (tertiary/aromatic N) is 1. The van der Waals surface area contributed by atoms with E-state index in [1.807, 2.05) is 16.8 Å². The molecule has 8 nitrogen and oxygen atoms in total. The van der Waals surface area contributed by atoms with Gasteiger partial charge in [0.2, 0.25) is 5.91 Å². The average molecular weight is 409 g/mol. The monoisotopic (exact) mass is 409 g/mol. The van der Waals surface area contributed by atoms with Gasteiger partial charge in [-0.1, -0.05) is 18.2 Å². The summed E-state index contributed by atoms with van der Waals surface area (Å²) in [5.41, 5.74) is 2.31. The molecule has 1 aliphatic heterocycles. The maximum absolute atomic E-state index is 13.0. The highest BCUT2D eigenvalue weighted by atomic mass is 16.4. The van der Waals surface area contributed by atoms with Crippen molar-refractivity contribution in [2.75, 3.05) is 6.54 Å².